The summed E-state index contributed by atoms with van der Waals surface area (Å²) in [5.41, 5.74) is 0.0101. The number of sulfonamides is 1. The molecule has 0 saturated carbocycles. The van der Waals surface area contributed by atoms with Gasteiger partial charge in [-0.15, -0.1) is 0 Å². The lowest BCUT2D eigenvalue weighted by atomic mass is 10.0. The summed E-state index contributed by atoms with van der Waals surface area (Å²) < 4.78 is 31.7. The van der Waals surface area contributed by atoms with Crippen molar-refractivity contribution in [3.63, 3.8) is 0 Å². The molecule has 5 nitrogen and oxygen atoms in total. The third kappa shape index (κ3) is 5.62. The SMILES string of the molecule is CC(C)(C)CS(=O)(=O)Nc1ccccc1OCC#N. The highest BCUT2D eigenvalue weighted by molar-refractivity contribution is 7.92. The Kier molecular flexibility index (Phi) is 4.78. The second-order valence-electron chi connectivity index (χ2n) is 5.36. The summed E-state index contributed by atoms with van der Waals surface area (Å²) in [4.78, 5) is 0. The van der Waals surface area contributed by atoms with Crippen molar-refractivity contribution in [3.05, 3.63) is 24.3 Å². The Bertz CT molecular complexity index is 568. The maximum Gasteiger partial charge on any atom is 0.233 e. The van der Waals surface area contributed by atoms with Crippen LogP contribution in [0.1, 0.15) is 20.8 Å². The molecule has 0 aliphatic heterocycles. The van der Waals surface area contributed by atoms with Crippen LogP contribution in [0.5, 0.6) is 5.75 Å². The highest BCUT2D eigenvalue weighted by atomic mass is 32.2. The molecule has 1 aromatic rings. The number of hydrogen-bond acceptors (Lipinski definition) is 4. The van der Waals surface area contributed by atoms with E-state index in [0.29, 0.717) is 11.4 Å². The minimum Gasteiger partial charge on any atom is -0.477 e. The van der Waals surface area contributed by atoms with Crippen LogP contribution in [-0.4, -0.2) is 20.8 Å². The van der Waals surface area contributed by atoms with Gasteiger partial charge in [0.1, 0.15) is 11.8 Å². The van der Waals surface area contributed by atoms with Crippen molar-refractivity contribution in [2.75, 3.05) is 17.1 Å². The molecule has 1 N–H and O–H groups in total. The Morgan fingerprint density at radius 3 is 2.53 bits per heavy atom. The zero-order valence-corrected chi connectivity index (χ0v) is 12.1. The number of anilines is 1. The van der Waals surface area contributed by atoms with Crippen molar-refractivity contribution >= 4 is 15.7 Å². The molecule has 0 heterocycles. The maximum atomic E-state index is 12.0. The second-order valence-corrected chi connectivity index (χ2v) is 7.09. The van der Waals surface area contributed by atoms with Crippen molar-refractivity contribution in [1.29, 1.82) is 5.26 Å². The number of nitriles is 1. The van der Waals surface area contributed by atoms with Gasteiger partial charge in [0.2, 0.25) is 10.0 Å². The Morgan fingerprint density at radius 2 is 1.95 bits per heavy atom. The lowest BCUT2D eigenvalue weighted by Gasteiger charge is -2.19. The van der Waals surface area contributed by atoms with Gasteiger partial charge in [-0.05, 0) is 17.5 Å². The molecule has 0 aromatic heterocycles. The van der Waals surface area contributed by atoms with Gasteiger partial charge in [-0.1, -0.05) is 32.9 Å². The zero-order chi connectivity index (χ0) is 14.5. The van der Waals surface area contributed by atoms with E-state index in [2.05, 4.69) is 4.72 Å². The molecular weight excluding hydrogens is 264 g/mol. The van der Waals surface area contributed by atoms with Gasteiger partial charge in [-0.3, -0.25) is 4.72 Å². The smallest absolute Gasteiger partial charge is 0.233 e. The minimum atomic E-state index is -3.45. The van der Waals surface area contributed by atoms with Gasteiger partial charge in [0.05, 0.1) is 11.4 Å². The van der Waals surface area contributed by atoms with E-state index >= 15 is 0 Å². The number of ether oxygens (including phenoxy) is 1. The Hall–Kier alpha value is -1.74. The van der Waals surface area contributed by atoms with Crippen molar-refractivity contribution in [2.24, 2.45) is 5.41 Å². The van der Waals surface area contributed by atoms with E-state index in [0.717, 1.165) is 0 Å². The van der Waals surface area contributed by atoms with Crippen molar-refractivity contribution in [3.8, 4) is 11.8 Å². The predicted octanol–water partition coefficient (Wildman–Crippen LogP) is 2.38. The highest BCUT2D eigenvalue weighted by Gasteiger charge is 2.22. The van der Waals surface area contributed by atoms with Gasteiger partial charge >= 0.3 is 0 Å². The fourth-order valence-electron chi connectivity index (χ4n) is 1.56. The minimum absolute atomic E-state index is 0.00653. The van der Waals surface area contributed by atoms with Gasteiger partial charge in [-0.25, -0.2) is 8.42 Å². The molecule has 0 atom stereocenters. The fraction of sp³-hybridized carbons (Fsp3) is 0.462. The monoisotopic (exact) mass is 282 g/mol. The number of nitrogens with zero attached hydrogens (tertiary/aromatic N) is 1. The molecule has 1 aromatic carbocycles. The summed E-state index contributed by atoms with van der Waals surface area (Å²) in [7, 11) is -3.45. The molecule has 0 saturated heterocycles. The summed E-state index contributed by atoms with van der Waals surface area (Å²) in [5, 5.41) is 8.49. The standard InChI is InChI=1S/C13H18N2O3S/c1-13(2,3)10-19(16,17)15-11-6-4-5-7-12(11)18-9-8-14/h4-7,15H,9-10H2,1-3H3. The number of rotatable bonds is 5. The van der Waals surface area contributed by atoms with Crippen LogP contribution in [0.15, 0.2) is 24.3 Å². The van der Waals surface area contributed by atoms with Crippen molar-refractivity contribution in [1.82, 2.24) is 0 Å². The summed E-state index contributed by atoms with van der Waals surface area (Å²) in [5.74, 6) is 0.355. The van der Waals surface area contributed by atoms with E-state index in [1.54, 1.807) is 24.3 Å². The molecule has 0 aliphatic carbocycles. The third-order valence-electron chi connectivity index (χ3n) is 2.07. The van der Waals surface area contributed by atoms with E-state index in [1.165, 1.54) is 0 Å². The van der Waals surface area contributed by atoms with Crippen LogP contribution in [-0.2, 0) is 10.0 Å². The first-order valence-electron chi connectivity index (χ1n) is 5.83. The lowest BCUT2D eigenvalue weighted by Crippen LogP contribution is -2.26. The Morgan fingerprint density at radius 1 is 1.32 bits per heavy atom. The molecule has 19 heavy (non-hydrogen) atoms. The van der Waals surface area contributed by atoms with Crippen molar-refractivity contribution < 1.29 is 13.2 Å². The highest BCUT2D eigenvalue weighted by Crippen LogP contribution is 2.26. The summed E-state index contributed by atoms with van der Waals surface area (Å²) in [6, 6.07) is 8.49. The van der Waals surface area contributed by atoms with Crippen LogP contribution in [0.4, 0.5) is 5.69 Å². The Labute approximate surface area is 114 Å². The molecular formula is C13H18N2O3S. The van der Waals surface area contributed by atoms with Crippen LogP contribution in [0.3, 0.4) is 0 Å². The van der Waals surface area contributed by atoms with Crippen molar-refractivity contribution in [2.45, 2.75) is 20.8 Å². The molecule has 6 heteroatoms. The molecule has 1 rings (SSSR count). The number of para-hydroxylation sites is 2. The molecule has 0 bridgehead atoms. The first kappa shape index (κ1) is 15.3. The summed E-state index contributed by atoms with van der Waals surface area (Å²) in [6.07, 6.45) is 0. The third-order valence-corrected chi connectivity index (χ3v) is 3.84. The van der Waals surface area contributed by atoms with Crippen LogP contribution < -0.4 is 9.46 Å². The van der Waals surface area contributed by atoms with Crippen LogP contribution in [0.25, 0.3) is 0 Å². The first-order valence-corrected chi connectivity index (χ1v) is 7.48. The first-order chi connectivity index (χ1) is 8.73. The van der Waals surface area contributed by atoms with Crippen LogP contribution in [0, 0.1) is 16.7 Å². The number of benzene rings is 1. The average Bonchev–Trinajstić information content (AvgIpc) is 2.24. The number of hydrogen-bond donors (Lipinski definition) is 1. The lowest BCUT2D eigenvalue weighted by molar-refractivity contribution is 0.370. The second kappa shape index (κ2) is 5.93. The van der Waals surface area contributed by atoms with E-state index in [9.17, 15) is 8.42 Å². The van der Waals surface area contributed by atoms with Gasteiger partial charge in [0, 0.05) is 0 Å². The molecule has 0 amide bonds. The Balaban J connectivity index is 2.91. The van der Waals surface area contributed by atoms with Gasteiger partial charge in [-0.2, -0.15) is 5.26 Å². The summed E-state index contributed by atoms with van der Waals surface area (Å²) in [6.45, 7) is 5.43. The topological polar surface area (TPSA) is 79.2 Å². The average molecular weight is 282 g/mol. The quantitative estimate of drug-likeness (QED) is 0.899. The normalized spacial score (nSPS) is 11.7. The maximum absolute atomic E-state index is 12.0. The van der Waals surface area contributed by atoms with Gasteiger partial charge in [0.15, 0.2) is 6.61 Å². The molecule has 0 fully saturated rings. The van der Waals surface area contributed by atoms with E-state index < -0.39 is 10.0 Å². The van der Waals surface area contributed by atoms with Crippen LogP contribution >= 0.6 is 0 Å². The van der Waals surface area contributed by atoms with E-state index in [-0.39, 0.29) is 17.8 Å². The fourth-order valence-corrected chi connectivity index (χ4v) is 3.28. The van der Waals surface area contributed by atoms with Crippen LogP contribution in [0.2, 0.25) is 0 Å². The zero-order valence-electron chi connectivity index (χ0n) is 11.3. The number of nitrogens with one attached hydrogen (secondary N) is 1. The molecule has 0 aliphatic rings. The molecule has 104 valence electrons. The van der Waals surface area contributed by atoms with Gasteiger partial charge in [0.25, 0.3) is 0 Å². The molecule has 0 unspecified atom stereocenters. The largest absolute Gasteiger partial charge is 0.477 e. The molecule has 0 spiro atoms. The van der Waals surface area contributed by atoms with E-state index in [4.69, 9.17) is 10.00 Å². The summed E-state index contributed by atoms with van der Waals surface area (Å²) >= 11 is 0. The van der Waals surface area contributed by atoms with Gasteiger partial charge < -0.3 is 4.74 Å². The van der Waals surface area contributed by atoms with E-state index in [1.807, 2.05) is 26.8 Å². The predicted molar refractivity (Wildman–Crippen MR) is 74.4 cm³/mol. The molecule has 0 radical (unpaired) electrons.